The average Bonchev–Trinajstić information content (AvgIpc) is 2.75. The van der Waals surface area contributed by atoms with Crippen molar-refractivity contribution in [3.05, 3.63) is 48.5 Å². The van der Waals surface area contributed by atoms with E-state index in [9.17, 15) is 19.2 Å². The Morgan fingerprint density at radius 1 is 0.667 bits per heavy atom. The summed E-state index contributed by atoms with van der Waals surface area (Å²) in [6.07, 6.45) is 0. The zero-order chi connectivity index (χ0) is 21.7. The van der Waals surface area contributed by atoms with Crippen LogP contribution in [0.25, 0.3) is 0 Å². The molecule has 3 rings (SSSR count). The van der Waals surface area contributed by atoms with Crippen LogP contribution in [0.3, 0.4) is 0 Å². The van der Waals surface area contributed by atoms with Crippen LogP contribution < -0.4 is 30.3 Å². The zero-order valence-corrected chi connectivity index (χ0v) is 16.4. The molecule has 0 spiro atoms. The lowest BCUT2D eigenvalue weighted by Gasteiger charge is -2.31. The molecule has 156 valence electrons. The summed E-state index contributed by atoms with van der Waals surface area (Å²) in [7, 11) is 0. The fourth-order valence-corrected chi connectivity index (χ4v) is 2.78. The summed E-state index contributed by atoms with van der Waals surface area (Å²) < 4.78 is 11.0. The van der Waals surface area contributed by atoms with Crippen LogP contribution in [0.2, 0.25) is 0 Å². The van der Waals surface area contributed by atoms with Gasteiger partial charge in [-0.2, -0.15) is 0 Å². The number of nitrogens with one attached hydrogen (secondary N) is 2. The highest BCUT2D eigenvalue weighted by molar-refractivity contribution is 6.48. The van der Waals surface area contributed by atoms with E-state index in [1.165, 1.54) is 12.1 Å². The number of amides is 4. The lowest BCUT2D eigenvalue weighted by atomic mass is 10.2. The zero-order valence-electron chi connectivity index (χ0n) is 16.4. The van der Waals surface area contributed by atoms with E-state index in [1.54, 1.807) is 50.2 Å². The smallest absolute Gasteiger partial charge is 0.337 e. The second kappa shape index (κ2) is 8.95. The minimum atomic E-state index is -1.14. The average molecular weight is 412 g/mol. The predicted molar refractivity (Wildman–Crippen MR) is 106 cm³/mol. The Morgan fingerprint density at radius 3 is 1.40 bits per heavy atom. The molecule has 2 N–H and O–H groups in total. The monoisotopic (exact) mass is 412 g/mol. The molecule has 2 aromatic carbocycles. The number of hydrazine groups is 2. The van der Waals surface area contributed by atoms with Crippen LogP contribution in [0.15, 0.2) is 48.5 Å². The van der Waals surface area contributed by atoms with Crippen molar-refractivity contribution in [3.8, 4) is 11.5 Å². The van der Waals surface area contributed by atoms with E-state index in [-0.39, 0.29) is 36.1 Å². The number of benzene rings is 2. The molecule has 1 aliphatic rings. The van der Waals surface area contributed by atoms with Gasteiger partial charge in [0.05, 0.1) is 13.2 Å². The van der Waals surface area contributed by atoms with Gasteiger partial charge in [0.25, 0.3) is 0 Å². The van der Waals surface area contributed by atoms with Crippen LogP contribution in [0, 0.1) is 0 Å². The second-order valence-electron chi connectivity index (χ2n) is 5.96. The SMILES string of the molecule is CCOc1ccccc1N1NC(=O)C(=O)NN(c2ccccc2OCC)C(=O)C1=O. The number of ether oxygens (including phenoxy) is 2. The van der Waals surface area contributed by atoms with Gasteiger partial charge in [-0.3, -0.25) is 30.0 Å². The number of carbonyl (C=O) groups excluding carboxylic acids is 4. The number of anilines is 2. The topological polar surface area (TPSA) is 117 Å². The summed E-state index contributed by atoms with van der Waals surface area (Å²) in [5.74, 6) is -3.99. The molecular formula is C20H20N4O6. The van der Waals surface area contributed by atoms with E-state index in [2.05, 4.69) is 10.9 Å². The molecule has 10 nitrogen and oxygen atoms in total. The standard InChI is InChI=1S/C20H20N4O6/c1-3-29-15-11-7-5-9-13(15)23-19(27)20(28)24(22-18(26)17(25)21-23)14-10-6-8-12-16(14)30-4-2/h5-12H,3-4H2,1-2H3,(H,21,25)(H,22,26). The molecule has 2 aromatic rings. The van der Waals surface area contributed by atoms with Gasteiger partial charge in [-0.15, -0.1) is 0 Å². The van der Waals surface area contributed by atoms with Crippen LogP contribution in [-0.4, -0.2) is 36.8 Å². The molecule has 0 aliphatic carbocycles. The number of hydrogen-bond acceptors (Lipinski definition) is 6. The van der Waals surface area contributed by atoms with Crippen LogP contribution in [-0.2, 0) is 19.2 Å². The number of rotatable bonds is 6. The maximum Gasteiger partial charge on any atom is 0.337 e. The van der Waals surface area contributed by atoms with Gasteiger partial charge in [0.15, 0.2) is 0 Å². The molecule has 0 atom stereocenters. The highest BCUT2D eigenvalue weighted by atomic mass is 16.5. The minimum Gasteiger partial charge on any atom is -0.492 e. The third kappa shape index (κ3) is 4.02. The summed E-state index contributed by atoms with van der Waals surface area (Å²) in [5.41, 5.74) is 4.52. The predicted octanol–water partition coefficient (Wildman–Crippen LogP) is 0.926. The van der Waals surface area contributed by atoms with Crippen molar-refractivity contribution in [1.82, 2.24) is 10.9 Å². The molecule has 1 aliphatic heterocycles. The highest BCUT2D eigenvalue weighted by Crippen LogP contribution is 2.30. The van der Waals surface area contributed by atoms with Crippen molar-refractivity contribution in [1.29, 1.82) is 0 Å². The lowest BCUT2D eigenvalue weighted by molar-refractivity contribution is -0.144. The Bertz CT molecular complexity index is 913. The van der Waals surface area contributed by atoms with Gasteiger partial charge in [-0.05, 0) is 38.1 Å². The normalized spacial score (nSPS) is 14.6. The summed E-state index contributed by atoms with van der Waals surface area (Å²) in [6.45, 7) is 4.07. The first-order valence-electron chi connectivity index (χ1n) is 9.21. The van der Waals surface area contributed by atoms with E-state index in [0.717, 1.165) is 0 Å². The fourth-order valence-electron chi connectivity index (χ4n) is 2.78. The summed E-state index contributed by atoms with van der Waals surface area (Å²) in [5, 5.41) is 1.40. The van der Waals surface area contributed by atoms with Gasteiger partial charge in [0, 0.05) is 0 Å². The molecule has 0 unspecified atom stereocenters. The quantitative estimate of drug-likeness (QED) is 0.682. The van der Waals surface area contributed by atoms with Crippen LogP contribution in [0.5, 0.6) is 11.5 Å². The Hall–Kier alpha value is -4.08. The first-order valence-corrected chi connectivity index (χ1v) is 9.21. The number of carbonyl (C=O) groups is 4. The van der Waals surface area contributed by atoms with E-state index in [1.807, 2.05) is 0 Å². The molecule has 1 heterocycles. The molecule has 30 heavy (non-hydrogen) atoms. The van der Waals surface area contributed by atoms with Crippen molar-refractivity contribution in [3.63, 3.8) is 0 Å². The van der Waals surface area contributed by atoms with Gasteiger partial charge < -0.3 is 9.47 Å². The van der Waals surface area contributed by atoms with Gasteiger partial charge in [-0.25, -0.2) is 10.0 Å². The molecule has 10 heteroatoms. The molecule has 4 amide bonds. The van der Waals surface area contributed by atoms with Gasteiger partial charge in [0.2, 0.25) is 0 Å². The van der Waals surface area contributed by atoms with Crippen molar-refractivity contribution >= 4 is 35.0 Å². The van der Waals surface area contributed by atoms with Gasteiger partial charge in [-0.1, -0.05) is 24.3 Å². The summed E-state index contributed by atoms with van der Waals surface area (Å²) in [6, 6.07) is 12.6. The van der Waals surface area contributed by atoms with E-state index >= 15 is 0 Å². The number of hydrogen-bond donors (Lipinski definition) is 2. The molecule has 0 aromatic heterocycles. The van der Waals surface area contributed by atoms with Crippen LogP contribution in [0.4, 0.5) is 11.4 Å². The van der Waals surface area contributed by atoms with Crippen molar-refractivity contribution in [2.24, 2.45) is 0 Å². The Morgan fingerprint density at radius 2 is 1.03 bits per heavy atom. The van der Waals surface area contributed by atoms with Crippen LogP contribution in [0.1, 0.15) is 13.8 Å². The third-order valence-electron chi connectivity index (χ3n) is 4.03. The largest absolute Gasteiger partial charge is 0.492 e. The van der Waals surface area contributed by atoms with Gasteiger partial charge >= 0.3 is 23.6 Å². The van der Waals surface area contributed by atoms with Crippen molar-refractivity contribution in [2.45, 2.75) is 13.8 Å². The molecule has 0 saturated carbocycles. The second-order valence-corrected chi connectivity index (χ2v) is 5.96. The third-order valence-corrected chi connectivity index (χ3v) is 4.03. The van der Waals surface area contributed by atoms with Crippen molar-refractivity contribution < 1.29 is 28.7 Å². The molecule has 0 radical (unpaired) electrons. The molecule has 1 fully saturated rings. The Balaban J connectivity index is 2.06. The summed E-state index contributed by atoms with van der Waals surface area (Å²) >= 11 is 0. The first-order chi connectivity index (χ1) is 14.5. The van der Waals surface area contributed by atoms with E-state index < -0.39 is 23.6 Å². The number of nitrogens with zero attached hydrogens (tertiary/aromatic N) is 2. The Kier molecular flexibility index (Phi) is 6.16. The molecule has 1 saturated heterocycles. The summed E-state index contributed by atoms with van der Waals surface area (Å²) in [4.78, 5) is 50.7. The van der Waals surface area contributed by atoms with Crippen molar-refractivity contribution in [2.75, 3.05) is 23.2 Å². The fraction of sp³-hybridized carbons (Fsp3) is 0.200. The maximum absolute atomic E-state index is 13.0. The van der Waals surface area contributed by atoms with Crippen LogP contribution >= 0.6 is 0 Å². The highest BCUT2D eigenvalue weighted by Gasteiger charge is 2.38. The van der Waals surface area contributed by atoms with E-state index in [4.69, 9.17) is 9.47 Å². The first kappa shape index (κ1) is 20.6. The Labute approximate surface area is 172 Å². The maximum atomic E-state index is 13.0. The van der Waals surface area contributed by atoms with Gasteiger partial charge in [0.1, 0.15) is 22.9 Å². The molecular weight excluding hydrogens is 392 g/mol. The number of para-hydroxylation sites is 4. The molecule has 0 bridgehead atoms. The van der Waals surface area contributed by atoms with E-state index in [0.29, 0.717) is 10.0 Å². The minimum absolute atomic E-state index is 0.110. The lowest BCUT2D eigenvalue weighted by Crippen LogP contribution is -2.64.